The molecule has 0 aromatic carbocycles. The standard InChI is InChI=1S/C6H17N3O2S/c1-4-7-5-6-8-12(10,11)9(2)3/h7-8H,4-6H2,1-3H3. The summed E-state index contributed by atoms with van der Waals surface area (Å²) >= 11 is 0. The Kier molecular flexibility index (Phi) is 5.39. The lowest BCUT2D eigenvalue weighted by molar-refractivity contribution is 0.504. The lowest BCUT2D eigenvalue weighted by Gasteiger charge is -2.11. The number of nitrogens with one attached hydrogen (secondary N) is 2. The first kappa shape index (κ1) is 11.8. The third kappa shape index (κ3) is 4.66. The fraction of sp³-hybridized carbons (Fsp3) is 1.00. The van der Waals surface area contributed by atoms with E-state index in [-0.39, 0.29) is 0 Å². The van der Waals surface area contributed by atoms with E-state index in [4.69, 9.17) is 0 Å². The molecule has 0 spiro atoms. The van der Waals surface area contributed by atoms with E-state index in [1.807, 2.05) is 6.92 Å². The Labute approximate surface area is 74.3 Å². The SMILES string of the molecule is CCNCCNS(=O)(=O)N(C)C. The molecular formula is C6H17N3O2S. The lowest BCUT2D eigenvalue weighted by Crippen LogP contribution is -2.39. The monoisotopic (exact) mass is 195 g/mol. The van der Waals surface area contributed by atoms with Crippen molar-refractivity contribution in [3.8, 4) is 0 Å². The molecule has 2 N–H and O–H groups in total. The predicted octanol–water partition coefficient (Wildman–Crippen LogP) is -1.01. The quantitative estimate of drug-likeness (QED) is 0.534. The van der Waals surface area contributed by atoms with Crippen LogP contribution >= 0.6 is 0 Å². The molecular weight excluding hydrogens is 178 g/mol. The van der Waals surface area contributed by atoms with Gasteiger partial charge in [0, 0.05) is 27.2 Å². The van der Waals surface area contributed by atoms with Gasteiger partial charge in [-0.3, -0.25) is 0 Å². The first-order valence-corrected chi connectivity index (χ1v) is 5.32. The van der Waals surface area contributed by atoms with Crippen LogP contribution in [-0.4, -0.2) is 46.5 Å². The Balaban J connectivity index is 3.63. The van der Waals surface area contributed by atoms with Gasteiger partial charge in [0.25, 0.3) is 10.2 Å². The van der Waals surface area contributed by atoms with Crippen LogP contribution in [0.5, 0.6) is 0 Å². The molecule has 0 atom stereocenters. The van der Waals surface area contributed by atoms with Gasteiger partial charge in [0.15, 0.2) is 0 Å². The fourth-order valence-corrected chi connectivity index (χ4v) is 1.19. The minimum Gasteiger partial charge on any atom is -0.316 e. The van der Waals surface area contributed by atoms with Crippen LogP contribution in [0.25, 0.3) is 0 Å². The van der Waals surface area contributed by atoms with Crippen LogP contribution in [0.1, 0.15) is 6.92 Å². The summed E-state index contributed by atoms with van der Waals surface area (Å²) in [7, 11) is -0.244. The molecule has 0 aromatic heterocycles. The molecule has 0 saturated heterocycles. The second-order valence-electron chi connectivity index (χ2n) is 2.54. The minimum absolute atomic E-state index is 0.425. The van der Waals surface area contributed by atoms with Gasteiger partial charge in [-0.2, -0.15) is 12.7 Å². The van der Waals surface area contributed by atoms with Crippen LogP contribution in [0, 0.1) is 0 Å². The van der Waals surface area contributed by atoms with Gasteiger partial charge in [0.2, 0.25) is 0 Å². The van der Waals surface area contributed by atoms with Crippen molar-refractivity contribution in [2.45, 2.75) is 6.92 Å². The molecule has 0 bridgehead atoms. The highest BCUT2D eigenvalue weighted by molar-refractivity contribution is 7.87. The van der Waals surface area contributed by atoms with E-state index < -0.39 is 10.2 Å². The molecule has 0 amide bonds. The normalized spacial score (nSPS) is 12.3. The Bertz CT molecular complexity index is 201. The second kappa shape index (κ2) is 5.47. The summed E-state index contributed by atoms with van der Waals surface area (Å²) < 4.78 is 25.7. The van der Waals surface area contributed by atoms with E-state index >= 15 is 0 Å². The summed E-state index contributed by atoms with van der Waals surface area (Å²) in [5.74, 6) is 0. The van der Waals surface area contributed by atoms with Crippen molar-refractivity contribution in [3.63, 3.8) is 0 Å². The molecule has 0 aliphatic rings. The van der Waals surface area contributed by atoms with E-state index in [2.05, 4.69) is 10.0 Å². The van der Waals surface area contributed by atoms with Gasteiger partial charge in [-0.15, -0.1) is 0 Å². The summed E-state index contributed by atoms with van der Waals surface area (Å²) in [4.78, 5) is 0. The van der Waals surface area contributed by atoms with Crippen LogP contribution in [0.3, 0.4) is 0 Å². The highest BCUT2D eigenvalue weighted by Gasteiger charge is 2.10. The molecule has 0 saturated carbocycles. The van der Waals surface area contributed by atoms with Gasteiger partial charge in [0.05, 0.1) is 0 Å². The highest BCUT2D eigenvalue weighted by Crippen LogP contribution is 1.85. The van der Waals surface area contributed by atoms with Crippen molar-refractivity contribution in [1.29, 1.82) is 0 Å². The molecule has 0 aliphatic carbocycles. The smallest absolute Gasteiger partial charge is 0.278 e. The van der Waals surface area contributed by atoms with Gasteiger partial charge in [-0.05, 0) is 6.54 Å². The Hall–Kier alpha value is -0.170. The van der Waals surface area contributed by atoms with Gasteiger partial charge in [-0.25, -0.2) is 4.72 Å². The van der Waals surface area contributed by atoms with Crippen molar-refractivity contribution in [2.75, 3.05) is 33.7 Å². The first-order valence-electron chi connectivity index (χ1n) is 3.88. The molecule has 0 radical (unpaired) electrons. The molecule has 0 unspecified atom stereocenters. The zero-order valence-electron chi connectivity index (χ0n) is 7.79. The Morgan fingerprint density at radius 2 is 1.83 bits per heavy atom. The number of nitrogens with zero attached hydrogens (tertiary/aromatic N) is 1. The zero-order chi connectivity index (χ0) is 9.61. The van der Waals surface area contributed by atoms with E-state index in [9.17, 15) is 8.42 Å². The molecule has 12 heavy (non-hydrogen) atoms. The summed E-state index contributed by atoms with van der Waals surface area (Å²) in [6, 6.07) is 0. The number of likely N-dealkylation sites (N-methyl/N-ethyl adjacent to an activating group) is 1. The van der Waals surface area contributed by atoms with Crippen LogP contribution in [0.4, 0.5) is 0 Å². The van der Waals surface area contributed by atoms with Crippen LogP contribution < -0.4 is 10.0 Å². The molecule has 5 nitrogen and oxygen atoms in total. The maximum absolute atomic E-state index is 11.1. The fourth-order valence-electron chi connectivity index (χ4n) is 0.574. The molecule has 0 fully saturated rings. The number of hydrogen-bond donors (Lipinski definition) is 2. The highest BCUT2D eigenvalue weighted by atomic mass is 32.2. The van der Waals surface area contributed by atoms with Crippen molar-refractivity contribution >= 4 is 10.2 Å². The van der Waals surface area contributed by atoms with Crippen molar-refractivity contribution in [3.05, 3.63) is 0 Å². The molecule has 6 heteroatoms. The van der Waals surface area contributed by atoms with Crippen LogP contribution in [0.2, 0.25) is 0 Å². The van der Waals surface area contributed by atoms with E-state index in [0.717, 1.165) is 10.8 Å². The van der Waals surface area contributed by atoms with Crippen molar-refractivity contribution in [1.82, 2.24) is 14.3 Å². The van der Waals surface area contributed by atoms with Crippen LogP contribution in [-0.2, 0) is 10.2 Å². The van der Waals surface area contributed by atoms with Gasteiger partial charge in [-0.1, -0.05) is 6.92 Å². The van der Waals surface area contributed by atoms with Gasteiger partial charge < -0.3 is 5.32 Å². The molecule has 74 valence electrons. The third-order valence-electron chi connectivity index (χ3n) is 1.32. The lowest BCUT2D eigenvalue weighted by atomic mass is 10.6. The number of rotatable bonds is 6. The third-order valence-corrected chi connectivity index (χ3v) is 2.85. The molecule has 0 aliphatic heterocycles. The first-order chi connectivity index (χ1) is 5.50. The summed E-state index contributed by atoms with van der Waals surface area (Å²) in [5.41, 5.74) is 0. The average molecular weight is 195 g/mol. The molecule has 0 heterocycles. The van der Waals surface area contributed by atoms with Crippen molar-refractivity contribution < 1.29 is 8.42 Å². The Morgan fingerprint density at radius 3 is 2.25 bits per heavy atom. The maximum atomic E-state index is 11.1. The van der Waals surface area contributed by atoms with Crippen molar-refractivity contribution in [2.24, 2.45) is 0 Å². The average Bonchev–Trinajstić information content (AvgIpc) is 1.98. The number of hydrogen-bond acceptors (Lipinski definition) is 3. The largest absolute Gasteiger partial charge is 0.316 e. The second-order valence-corrected chi connectivity index (χ2v) is 4.50. The van der Waals surface area contributed by atoms with Gasteiger partial charge in [0.1, 0.15) is 0 Å². The zero-order valence-corrected chi connectivity index (χ0v) is 8.61. The van der Waals surface area contributed by atoms with E-state index in [0.29, 0.717) is 13.1 Å². The van der Waals surface area contributed by atoms with E-state index in [1.165, 1.54) is 14.1 Å². The minimum atomic E-state index is -3.24. The summed E-state index contributed by atoms with van der Waals surface area (Å²) in [6.45, 7) is 3.90. The molecule has 0 aromatic rings. The topological polar surface area (TPSA) is 61.4 Å². The molecule has 0 rings (SSSR count). The summed E-state index contributed by atoms with van der Waals surface area (Å²) in [6.07, 6.45) is 0. The van der Waals surface area contributed by atoms with E-state index in [1.54, 1.807) is 0 Å². The Morgan fingerprint density at radius 1 is 1.25 bits per heavy atom. The van der Waals surface area contributed by atoms with Crippen LogP contribution in [0.15, 0.2) is 0 Å². The van der Waals surface area contributed by atoms with Gasteiger partial charge >= 0.3 is 0 Å². The maximum Gasteiger partial charge on any atom is 0.278 e. The summed E-state index contributed by atoms with van der Waals surface area (Å²) in [5, 5.41) is 3.01. The predicted molar refractivity (Wildman–Crippen MR) is 49.2 cm³/mol.